The molecule has 36 heavy (non-hydrogen) atoms. The molecule has 1 spiro atoms. The van der Waals surface area contributed by atoms with E-state index in [4.69, 9.17) is 0 Å². The standard InChI is InChI=1S/C25H29F4N3O3S/c1-24(2,29)13-30-23(33)32-14-25(8-9-25)22(31-36(34,35)15-26)20(32)11-17-10-18(27)12-19(21(17)28)16-6-4-3-5-7-16/h3-7,10,12,20,22,31H,8-9,11,13-15H2,1-2H3,(H,30,33)/t20-,22+/m0/s1. The van der Waals surface area contributed by atoms with Gasteiger partial charge < -0.3 is 10.2 Å². The van der Waals surface area contributed by atoms with Gasteiger partial charge >= 0.3 is 6.03 Å². The Morgan fingerprint density at radius 3 is 2.42 bits per heavy atom. The summed E-state index contributed by atoms with van der Waals surface area (Å²) in [5.41, 5.74) is -1.92. The van der Waals surface area contributed by atoms with Crippen molar-refractivity contribution >= 4 is 16.1 Å². The Morgan fingerprint density at radius 2 is 1.83 bits per heavy atom. The van der Waals surface area contributed by atoms with Crippen molar-refractivity contribution < 1.29 is 30.8 Å². The topological polar surface area (TPSA) is 78.5 Å². The zero-order chi connectivity index (χ0) is 26.3. The molecule has 1 aliphatic carbocycles. The molecule has 1 heterocycles. The number of nitrogens with zero attached hydrogens (tertiary/aromatic N) is 1. The van der Waals surface area contributed by atoms with Gasteiger partial charge in [-0.15, -0.1) is 0 Å². The number of hydrogen-bond acceptors (Lipinski definition) is 3. The van der Waals surface area contributed by atoms with E-state index < -0.39 is 56.9 Å². The number of alkyl halides is 2. The Morgan fingerprint density at radius 1 is 1.17 bits per heavy atom. The summed E-state index contributed by atoms with van der Waals surface area (Å²) in [7, 11) is -4.32. The Labute approximate surface area is 208 Å². The molecule has 0 bridgehead atoms. The highest BCUT2D eigenvalue weighted by Gasteiger charge is 2.61. The lowest BCUT2D eigenvalue weighted by Gasteiger charge is -2.30. The Balaban J connectivity index is 1.72. The van der Waals surface area contributed by atoms with Crippen LogP contribution in [0.25, 0.3) is 11.1 Å². The fraction of sp³-hybridized carbons (Fsp3) is 0.480. The van der Waals surface area contributed by atoms with Crippen molar-refractivity contribution in [2.75, 3.05) is 19.1 Å². The molecule has 2 N–H and O–H groups in total. The van der Waals surface area contributed by atoms with Crippen LogP contribution >= 0.6 is 0 Å². The van der Waals surface area contributed by atoms with E-state index in [1.807, 2.05) is 0 Å². The van der Waals surface area contributed by atoms with E-state index in [0.29, 0.717) is 18.4 Å². The SMILES string of the molecule is CC(C)(F)CNC(=O)N1CC2(CC2)[C@H](NS(=O)(=O)CF)[C@@H]1Cc1cc(F)cc(-c2ccccc2)c1F. The van der Waals surface area contributed by atoms with Crippen LogP contribution in [-0.4, -0.2) is 56.2 Å². The molecule has 6 nitrogen and oxygen atoms in total. The van der Waals surface area contributed by atoms with Crippen LogP contribution in [0.15, 0.2) is 42.5 Å². The number of sulfonamides is 1. The normalized spacial score (nSPS) is 21.1. The van der Waals surface area contributed by atoms with Crippen LogP contribution in [0.2, 0.25) is 0 Å². The number of urea groups is 1. The lowest BCUT2D eigenvalue weighted by atomic mass is 9.91. The van der Waals surface area contributed by atoms with Crippen molar-refractivity contribution in [2.45, 2.75) is 50.9 Å². The summed E-state index contributed by atoms with van der Waals surface area (Å²) in [5, 5.41) is 2.50. The van der Waals surface area contributed by atoms with Gasteiger partial charge in [0.1, 0.15) is 17.3 Å². The first kappa shape index (κ1) is 26.4. The molecule has 196 valence electrons. The lowest BCUT2D eigenvalue weighted by Crippen LogP contribution is -2.52. The van der Waals surface area contributed by atoms with E-state index in [9.17, 15) is 26.4 Å². The first-order valence-corrected chi connectivity index (χ1v) is 13.3. The van der Waals surface area contributed by atoms with Gasteiger partial charge in [0, 0.05) is 23.6 Å². The zero-order valence-corrected chi connectivity index (χ0v) is 20.8. The van der Waals surface area contributed by atoms with Crippen LogP contribution in [0.3, 0.4) is 0 Å². The molecular formula is C25H29F4N3O3S. The quantitative estimate of drug-likeness (QED) is 0.503. The Hall–Kier alpha value is -2.66. The first-order valence-electron chi connectivity index (χ1n) is 11.7. The molecule has 2 aliphatic rings. The largest absolute Gasteiger partial charge is 0.335 e. The van der Waals surface area contributed by atoms with Crippen LogP contribution in [0.5, 0.6) is 0 Å². The fourth-order valence-corrected chi connectivity index (χ4v) is 5.74. The molecule has 0 aromatic heterocycles. The molecule has 0 unspecified atom stereocenters. The number of carbonyl (C=O) groups is 1. The third-order valence-electron chi connectivity index (χ3n) is 6.82. The maximum absolute atomic E-state index is 15.6. The van der Waals surface area contributed by atoms with Crippen molar-refractivity contribution in [1.82, 2.24) is 14.9 Å². The molecule has 2 amide bonds. The van der Waals surface area contributed by atoms with Crippen LogP contribution in [0.1, 0.15) is 32.3 Å². The molecule has 1 aliphatic heterocycles. The van der Waals surface area contributed by atoms with Crippen molar-refractivity contribution in [3.8, 4) is 11.1 Å². The Kier molecular flexibility index (Phi) is 7.09. The second-order valence-corrected chi connectivity index (χ2v) is 11.9. The summed E-state index contributed by atoms with van der Waals surface area (Å²) >= 11 is 0. The number of halogens is 4. The number of hydrogen-bond donors (Lipinski definition) is 2. The van der Waals surface area contributed by atoms with E-state index in [1.54, 1.807) is 30.3 Å². The fourth-order valence-electron chi connectivity index (χ4n) is 4.89. The highest BCUT2D eigenvalue weighted by atomic mass is 32.2. The molecule has 11 heteroatoms. The molecule has 2 aromatic carbocycles. The molecule has 1 saturated heterocycles. The lowest BCUT2D eigenvalue weighted by molar-refractivity contribution is 0.170. The van der Waals surface area contributed by atoms with Gasteiger partial charge in [0.15, 0.2) is 0 Å². The molecular weight excluding hydrogens is 498 g/mol. The predicted octanol–water partition coefficient (Wildman–Crippen LogP) is 4.31. The maximum atomic E-state index is 15.6. The summed E-state index contributed by atoms with van der Waals surface area (Å²) in [6, 6.07) is 6.30. The van der Waals surface area contributed by atoms with E-state index >= 15 is 4.39 Å². The molecule has 4 rings (SSSR count). The summed E-state index contributed by atoms with van der Waals surface area (Å²) in [6.45, 7) is 2.42. The highest BCUT2D eigenvalue weighted by molar-refractivity contribution is 7.89. The van der Waals surface area contributed by atoms with Crippen molar-refractivity contribution in [3.05, 3.63) is 59.7 Å². The molecule has 2 fully saturated rings. The van der Waals surface area contributed by atoms with Gasteiger partial charge in [0.05, 0.1) is 12.6 Å². The number of likely N-dealkylation sites (tertiary alicyclic amines) is 1. The predicted molar refractivity (Wildman–Crippen MR) is 128 cm³/mol. The van der Waals surface area contributed by atoms with E-state index in [-0.39, 0.29) is 30.6 Å². The highest BCUT2D eigenvalue weighted by Crippen LogP contribution is 2.55. The zero-order valence-electron chi connectivity index (χ0n) is 20.0. The monoisotopic (exact) mass is 527 g/mol. The van der Waals surface area contributed by atoms with Crippen molar-refractivity contribution in [3.63, 3.8) is 0 Å². The summed E-state index contributed by atoms with van der Waals surface area (Å²) in [5.74, 6) is -1.39. The number of nitrogens with one attached hydrogen (secondary N) is 2. The van der Waals surface area contributed by atoms with Crippen LogP contribution in [-0.2, 0) is 16.4 Å². The summed E-state index contributed by atoms with van der Waals surface area (Å²) in [4.78, 5) is 14.4. The van der Waals surface area contributed by atoms with Crippen LogP contribution in [0.4, 0.5) is 22.4 Å². The molecule has 0 radical (unpaired) electrons. The van der Waals surface area contributed by atoms with Crippen molar-refractivity contribution in [1.29, 1.82) is 0 Å². The third kappa shape index (κ3) is 5.67. The number of amides is 2. The molecule has 2 aromatic rings. The minimum Gasteiger partial charge on any atom is -0.335 e. The van der Waals surface area contributed by atoms with Crippen LogP contribution < -0.4 is 10.0 Å². The molecule has 1 saturated carbocycles. The van der Waals surface area contributed by atoms with Crippen molar-refractivity contribution in [2.24, 2.45) is 5.41 Å². The smallest absolute Gasteiger partial charge is 0.317 e. The van der Waals surface area contributed by atoms with Gasteiger partial charge in [-0.25, -0.2) is 35.5 Å². The van der Waals surface area contributed by atoms with Gasteiger partial charge in [-0.2, -0.15) is 0 Å². The first-order chi connectivity index (χ1) is 16.8. The van der Waals surface area contributed by atoms with E-state index in [1.165, 1.54) is 18.7 Å². The second-order valence-electron chi connectivity index (χ2n) is 10.3. The van der Waals surface area contributed by atoms with Gasteiger partial charge in [0.2, 0.25) is 16.0 Å². The van der Waals surface area contributed by atoms with E-state index in [2.05, 4.69) is 10.0 Å². The Bertz CT molecular complexity index is 1230. The third-order valence-corrected chi connectivity index (χ3v) is 7.72. The average Bonchev–Trinajstić information content (AvgIpc) is 3.55. The maximum Gasteiger partial charge on any atom is 0.317 e. The van der Waals surface area contributed by atoms with Gasteiger partial charge in [0.25, 0.3) is 0 Å². The molecule has 2 atom stereocenters. The number of carbonyl (C=O) groups excluding carboxylic acids is 1. The minimum absolute atomic E-state index is 0.0285. The number of rotatable bonds is 8. The average molecular weight is 528 g/mol. The van der Waals surface area contributed by atoms with Gasteiger partial charge in [-0.05, 0) is 56.4 Å². The minimum atomic E-state index is -4.32. The summed E-state index contributed by atoms with van der Waals surface area (Å²) < 4.78 is 84.2. The van der Waals surface area contributed by atoms with Crippen LogP contribution in [0, 0.1) is 17.0 Å². The number of benzene rings is 2. The van der Waals surface area contributed by atoms with Gasteiger partial charge in [-0.3, -0.25) is 0 Å². The van der Waals surface area contributed by atoms with E-state index in [0.717, 1.165) is 12.1 Å². The second kappa shape index (κ2) is 9.66. The summed E-state index contributed by atoms with van der Waals surface area (Å²) in [6.07, 6.45) is 0.918. The van der Waals surface area contributed by atoms with Gasteiger partial charge in [-0.1, -0.05) is 30.3 Å².